The van der Waals surface area contributed by atoms with E-state index in [0.29, 0.717) is 0 Å². The third-order valence-corrected chi connectivity index (χ3v) is 7.75. The van der Waals surface area contributed by atoms with Crippen molar-refractivity contribution in [2.75, 3.05) is 0 Å². The standard InChI is InChI=1S/C30H26N4/c1-15-11-18(4)29(19(5)12-15)33-14-31-28-24-16(2)7-8-22-27(24)26-21(30(28)33)13-17(3)20(6)25(26)23-9-10-32-34(22)23/h7-14H,1-6H3. The number of pyridine rings is 1. The van der Waals surface area contributed by atoms with Crippen molar-refractivity contribution in [1.82, 2.24) is 19.2 Å². The van der Waals surface area contributed by atoms with Gasteiger partial charge in [0.15, 0.2) is 0 Å². The van der Waals surface area contributed by atoms with Gasteiger partial charge in [-0.1, -0.05) is 23.8 Å². The Hall–Kier alpha value is -3.92. The van der Waals surface area contributed by atoms with Crippen LogP contribution in [-0.2, 0) is 0 Å². The summed E-state index contributed by atoms with van der Waals surface area (Å²) >= 11 is 0. The molecule has 0 aliphatic heterocycles. The third-order valence-electron chi connectivity index (χ3n) is 7.75. The molecule has 0 N–H and O–H groups in total. The first-order valence-electron chi connectivity index (χ1n) is 11.9. The summed E-state index contributed by atoms with van der Waals surface area (Å²) in [6.45, 7) is 13.2. The number of hydrogen-bond acceptors (Lipinski definition) is 2. The van der Waals surface area contributed by atoms with E-state index in [0.717, 1.165) is 16.6 Å². The van der Waals surface area contributed by atoms with Gasteiger partial charge in [-0.15, -0.1) is 0 Å². The van der Waals surface area contributed by atoms with Gasteiger partial charge in [0.2, 0.25) is 0 Å². The van der Waals surface area contributed by atoms with Crippen LogP contribution in [-0.4, -0.2) is 19.2 Å². The molecule has 4 aromatic carbocycles. The molecular formula is C30H26N4. The second-order valence-corrected chi connectivity index (χ2v) is 9.95. The summed E-state index contributed by atoms with van der Waals surface area (Å²) in [5, 5.41) is 11.1. The van der Waals surface area contributed by atoms with Gasteiger partial charge in [-0.3, -0.25) is 4.57 Å². The van der Waals surface area contributed by atoms with E-state index in [1.54, 1.807) is 0 Å². The van der Waals surface area contributed by atoms with Gasteiger partial charge < -0.3 is 0 Å². The lowest BCUT2D eigenvalue weighted by Gasteiger charge is -2.20. The molecule has 7 aromatic rings. The topological polar surface area (TPSA) is 35.1 Å². The Labute approximate surface area is 197 Å². The smallest absolute Gasteiger partial charge is 0.100 e. The molecule has 166 valence electrons. The molecule has 3 heterocycles. The lowest BCUT2D eigenvalue weighted by Crippen LogP contribution is -2.02. The van der Waals surface area contributed by atoms with Crippen LogP contribution in [0, 0.1) is 41.5 Å². The molecule has 0 aliphatic carbocycles. The number of benzene rings is 4. The van der Waals surface area contributed by atoms with Crippen LogP contribution in [0.15, 0.2) is 48.9 Å². The summed E-state index contributed by atoms with van der Waals surface area (Å²) in [4.78, 5) is 5.06. The fraction of sp³-hybridized carbons (Fsp3) is 0.200. The predicted octanol–water partition coefficient (Wildman–Crippen LogP) is 7.42. The van der Waals surface area contributed by atoms with Gasteiger partial charge in [0.1, 0.15) is 6.33 Å². The van der Waals surface area contributed by atoms with Gasteiger partial charge in [-0.25, -0.2) is 9.50 Å². The highest BCUT2D eigenvalue weighted by Crippen LogP contribution is 2.45. The molecule has 0 bridgehead atoms. The highest BCUT2D eigenvalue weighted by molar-refractivity contribution is 6.35. The zero-order valence-electron chi connectivity index (χ0n) is 20.4. The highest BCUT2D eigenvalue weighted by Gasteiger charge is 2.24. The van der Waals surface area contributed by atoms with Gasteiger partial charge in [-0.05, 0) is 87.6 Å². The molecule has 3 aromatic heterocycles. The molecule has 4 nitrogen and oxygen atoms in total. The third kappa shape index (κ3) is 2.23. The summed E-state index contributed by atoms with van der Waals surface area (Å²) in [5.41, 5.74) is 13.5. The zero-order chi connectivity index (χ0) is 23.5. The fourth-order valence-electron chi connectivity index (χ4n) is 6.31. The number of nitrogens with zero attached hydrogens (tertiary/aromatic N) is 4. The van der Waals surface area contributed by atoms with Crippen molar-refractivity contribution in [3.05, 3.63) is 82.3 Å². The molecular weight excluding hydrogens is 416 g/mol. The van der Waals surface area contributed by atoms with Crippen LogP contribution in [0.3, 0.4) is 0 Å². The van der Waals surface area contributed by atoms with Crippen molar-refractivity contribution in [3.63, 3.8) is 0 Å². The summed E-state index contributed by atoms with van der Waals surface area (Å²) in [5.74, 6) is 0. The van der Waals surface area contributed by atoms with Crippen molar-refractivity contribution >= 4 is 49.0 Å². The highest BCUT2D eigenvalue weighted by atomic mass is 15.2. The van der Waals surface area contributed by atoms with Gasteiger partial charge in [-0.2, -0.15) is 5.10 Å². The van der Waals surface area contributed by atoms with Crippen LogP contribution >= 0.6 is 0 Å². The Morgan fingerprint density at radius 3 is 2.18 bits per heavy atom. The number of hydrogen-bond donors (Lipinski definition) is 0. The lowest BCUT2D eigenvalue weighted by atomic mass is 9.89. The molecule has 34 heavy (non-hydrogen) atoms. The van der Waals surface area contributed by atoms with Gasteiger partial charge in [0.05, 0.1) is 34.0 Å². The van der Waals surface area contributed by atoms with Gasteiger partial charge in [0, 0.05) is 26.9 Å². The number of aromatic nitrogens is 4. The maximum atomic E-state index is 5.06. The van der Waals surface area contributed by atoms with Crippen LogP contribution in [0.2, 0.25) is 0 Å². The Kier molecular flexibility index (Phi) is 3.65. The summed E-state index contributed by atoms with van der Waals surface area (Å²) < 4.78 is 4.43. The molecule has 0 saturated carbocycles. The molecule has 0 aliphatic rings. The van der Waals surface area contributed by atoms with E-state index >= 15 is 0 Å². The lowest BCUT2D eigenvalue weighted by molar-refractivity contribution is 1.01. The Morgan fingerprint density at radius 1 is 0.676 bits per heavy atom. The van der Waals surface area contributed by atoms with E-state index in [1.165, 1.54) is 71.5 Å². The van der Waals surface area contributed by atoms with Crippen molar-refractivity contribution in [3.8, 4) is 5.69 Å². The second-order valence-electron chi connectivity index (χ2n) is 9.95. The SMILES string of the molecule is Cc1cc(C)c(-n2cnc3c4c(C)ccc5c4c4c(cc(C)c(C)c4c4ccnn45)c32)c(C)c1. The molecule has 0 atom stereocenters. The minimum absolute atomic E-state index is 1.06. The number of rotatable bonds is 1. The minimum Gasteiger partial charge on any atom is -0.298 e. The normalized spacial score (nSPS) is 12.4. The van der Waals surface area contributed by atoms with E-state index in [9.17, 15) is 0 Å². The van der Waals surface area contributed by atoms with Crippen molar-refractivity contribution in [2.45, 2.75) is 41.5 Å². The molecule has 7 rings (SSSR count). The van der Waals surface area contributed by atoms with Crippen molar-refractivity contribution < 1.29 is 0 Å². The number of imidazole rings is 1. The molecule has 0 saturated heterocycles. The van der Waals surface area contributed by atoms with E-state index in [2.05, 4.69) is 87.0 Å². The fourth-order valence-corrected chi connectivity index (χ4v) is 6.31. The van der Waals surface area contributed by atoms with E-state index < -0.39 is 0 Å². The van der Waals surface area contributed by atoms with Crippen molar-refractivity contribution in [1.29, 1.82) is 0 Å². The van der Waals surface area contributed by atoms with E-state index in [1.807, 2.05) is 12.5 Å². The zero-order valence-corrected chi connectivity index (χ0v) is 20.4. The van der Waals surface area contributed by atoms with E-state index in [4.69, 9.17) is 10.1 Å². The largest absolute Gasteiger partial charge is 0.298 e. The Balaban J connectivity index is 1.85. The second kappa shape index (κ2) is 6.35. The molecule has 0 fully saturated rings. The first-order chi connectivity index (χ1) is 16.4. The average Bonchev–Trinajstić information content (AvgIpc) is 3.43. The first-order valence-corrected chi connectivity index (χ1v) is 11.9. The van der Waals surface area contributed by atoms with Gasteiger partial charge in [0.25, 0.3) is 0 Å². The number of aryl methyl sites for hydroxylation is 6. The maximum Gasteiger partial charge on any atom is 0.100 e. The summed E-state index contributed by atoms with van der Waals surface area (Å²) in [6.07, 6.45) is 3.93. The predicted molar refractivity (Wildman–Crippen MR) is 142 cm³/mol. The Morgan fingerprint density at radius 2 is 1.41 bits per heavy atom. The van der Waals surface area contributed by atoms with Crippen LogP contribution in [0.1, 0.15) is 33.4 Å². The summed E-state index contributed by atoms with van der Waals surface area (Å²) in [6, 6.07) is 13.5. The maximum absolute atomic E-state index is 5.06. The Bertz CT molecular complexity index is 1940. The quantitative estimate of drug-likeness (QED) is 0.248. The van der Waals surface area contributed by atoms with Crippen LogP contribution in [0.25, 0.3) is 54.7 Å². The van der Waals surface area contributed by atoms with Crippen molar-refractivity contribution in [2.24, 2.45) is 0 Å². The van der Waals surface area contributed by atoms with Crippen LogP contribution < -0.4 is 0 Å². The first kappa shape index (κ1) is 19.5. The molecule has 0 radical (unpaired) electrons. The molecule has 0 unspecified atom stereocenters. The average molecular weight is 443 g/mol. The van der Waals surface area contributed by atoms with Crippen LogP contribution in [0.4, 0.5) is 0 Å². The number of fused-ring (bicyclic) bond motifs is 6. The summed E-state index contributed by atoms with van der Waals surface area (Å²) in [7, 11) is 0. The molecule has 0 amide bonds. The monoisotopic (exact) mass is 442 g/mol. The molecule has 4 heteroatoms. The van der Waals surface area contributed by atoms with Gasteiger partial charge >= 0.3 is 0 Å². The minimum atomic E-state index is 1.06. The molecule has 0 spiro atoms. The van der Waals surface area contributed by atoms with Crippen LogP contribution in [0.5, 0.6) is 0 Å². The van der Waals surface area contributed by atoms with E-state index in [-0.39, 0.29) is 0 Å².